The third kappa shape index (κ3) is 5.94. The Bertz CT molecular complexity index is 775. The van der Waals surface area contributed by atoms with E-state index in [0.717, 1.165) is 5.69 Å². The number of anilines is 2. The topological polar surface area (TPSA) is 52.7 Å². The highest BCUT2D eigenvalue weighted by Gasteiger charge is 2.14. The van der Waals surface area contributed by atoms with Gasteiger partial charge in [-0.1, -0.05) is 30.4 Å². The second-order valence-corrected chi connectivity index (χ2v) is 6.10. The minimum atomic E-state index is -0.126. The standard InChI is InChI=1S/C22H25N3O2/c1-4-15-25(16-5-2)17-21(26)23-19-13-11-18(12-14-19)22(27)24(3)20-9-7-6-8-10-20/h4-14H,1-2,15-17H2,3H3,(H,23,26). The van der Waals surface area contributed by atoms with E-state index in [4.69, 9.17) is 0 Å². The summed E-state index contributed by atoms with van der Waals surface area (Å²) in [5.41, 5.74) is 2.03. The molecule has 5 heteroatoms. The Morgan fingerprint density at radius 1 is 0.963 bits per heavy atom. The van der Waals surface area contributed by atoms with Gasteiger partial charge in [-0.3, -0.25) is 14.5 Å². The summed E-state index contributed by atoms with van der Waals surface area (Å²) >= 11 is 0. The van der Waals surface area contributed by atoms with Gasteiger partial charge in [0.05, 0.1) is 6.54 Å². The quantitative estimate of drug-likeness (QED) is 0.693. The molecule has 0 bridgehead atoms. The minimum absolute atomic E-state index is 0.109. The molecule has 2 amide bonds. The van der Waals surface area contributed by atoms with E-state index < -0.39 is 0 Å². The van der Waals surface area contributed by atoms with E-state index in [2.05, 4.69) is 18.5 Å². The van der Waals surface area contributed by atoms with E-state index >= 15 is 0 Å². The molecule has 27 heavy (non-hydrogen) atoms. The maximum absolute atomic E-state index is 12.6. The maximum Gasteiger partial charge on any atom is 0.258 e. The van der Waals surface area contributed by atoms with Crippen LogP contribution < -0.4 is 10.2 Å². The molecule has 0 spiro atoms. The lowest BCUT2D eigenvalue weighted by molar-refractivity contribution is -0.117. The van der Waals surface area contributed by atoms with E-state index in [9.17, 15) is 9.59 Å². The van der Waals surface area contributed by atoms with Crippen LogP contribution in [-0.4, -0.2) is 43.4 Å². The first-order valence-corrected chi connectivity index (χ1v) is 8.72. The van der Waals surface area contributed by atoms with Crippen LogP contribution in [0.5, 0.6) is 0 Å². The predicted octanol–water partition coefficient (Wildman–Crippen LogP) is 3.58. The summed E-state index contributed by atoms with van der Waals surface area (Å²) in [5.74, 6) is -0.235. The van der Waals surface area contributed by atoms with Crippen molar-refractivity contribution in [1.29, 1.82) is 0 Å². The molecular formula is C22H25N3O2. The highest BCUT2D eigenvalue weighted by molar-refractivity contribution is 6.06. The molecule has 2 aromatic rings. The van der Waals surface area contributed by atoms with Crippen molar-refractivity contribution >= 4 is 23.2 Å². The molecule has 1 N–H and O–H groups in total. The predicted molar refractivity (Wildman–Crippen MR) is 111 cm³/mol. The van der Waals surface area contributed by atoms with Crippen LogP contribution in [-0.2, 0) is 4.79 Å². The van der Waals surface area contributed by atoms with E-state index in [0.29, 0.717) is 24.3 Å². The molecule has 2 aromatic carbocycles. The fraction of sp³-hybridized carbons (Fsp3) is 0.182. The first-order valence-electron chi connectivity index (χ1n) is 8.72. The van der Waals surface area contributed by atoms with Gasteiger partial charge in [0, 0.05) is 37.1 Å². The zero-order valence-corrected chi connectivity index (χ0v) is 15.6. The molecule has 0 saturated heterocycles. The zero-order chi connectivity index (χ0) is 19.6. The van der Waals surface area contributed by atoms with Gasteiger partial charge in [-0.15, -0.1) is 13.2 Å². The summed E-state index contributed by atoms with van der Waals surface area (Å²) in [6, 6.07) is 16.3. The van der Waals surface area contributed by atoms with E-state index in [-0.39, 0.29) is 18.4 Å². The summed E-state index contributed by atoms with van der Waals surface area (Å²) in [5, 5.41) is 2.84. The Balaban J connectivity index is 1.98. The Morgan fingerprint density at radius 3 is 2.11 bits per heavy atom. The van der Waals surface area contributed by atoms with Crippen molar-refractivity contribution in [1.82, 2.24) is 4.90 Å². The smallest absolute Gasteiger partial charge is 0.258 e. The van der Waals surface area contributed by atoms with Gasteiger partial charge >= 0.3 is 0 Å². The van der Waals surface area contributed by atoms with Crippen molar-refractivity contribution in [3.8, 4) is 0 Å². The molecule has 0 saturated carbocycles. The molecule has 2 rings (SSSR count). The normalized spacial score (nSPS) is 10.3. The molecule has 0 unspecified atom stereocenters. The van der Waals surface area contributed by atoms with Crippen molar-refractivity contribution in [3.63, 3.8) is 0 Å². The van der Waals surface area contributed by atoms with E-state index in [1.807, 2.05) is 35.2 Å². The van der Waals surface area contributed by atoms with Gasteiger partial charge < -0.3 is 10.2 Å². The largest absolute Gasteiger partial charge is 0.325 e. The molecule has 0 aliphatic heterocycles. The number of carbonyl (C=O) groups excluding carboxylic acids is 2. The van der Waals surface area contributed by atoms with Gasteiger partial charge in [0.25, 0.3) is 5.91 Å². The van der Waals surface area contributed by atoms with Crippen LogP contribution in [0, 0.1) is 0 Å². The number of amides is 2. The molecule has 0 aromatic heterocycles. The van der Waals surface area contributed by atoms with Crippen LogP contribution >= 0.6 is 0 Å². The Morgan fingerprint density at radius 2 is 1.56 bits per heavy atom. The first kappa shape index (κ1) is 20.1. The van der Waals surface area contributed by atoms with Crippen LogP contribution in [0.3, 0.4) is 0 Å². The van der Waals surface area contributed by atoms with Gasteiger partial charge in [0.15, 0.2) is 0 Å². The minimum Gasteiger partial charge on any atom is -0.325 e. The lowest BCUT2D eigenvalue weighted by atomic mass is 10.1. The van der Waals surface area contributed by atoms with Gasteiger partial charge in [-0.25, -0.2) is 0 Å². The average Bonchev–Trinajstić information content (AvgIpc) is 2.68. The van der Waals surface area contributed by atoms with Crippen molar-refractivity contribution in [2.75, 3.05) is 36.9 Å². The summed E-state index contributed by atoms with van der Waals surface area (Å²) in [7, 11) is 1.74. The molecule has 140 valence electrons. The number of benzene rings is 2. The van der Waals surface area contributed by atoms with Crippen LogP contribution in [0.2, 0.25) is 0 Å². The fourth-order valence-electron chi connectivity index (χ4n) is 2.63. The molecule has 0 atom stereocenters. The molecule has 0 fully saturated rings. The van der Waals surface area contributed by atoms with Crippen molar-refractivity contribution in [2.45, 2.75) is 0 Å². The number of nitrogens with zero attached hydrogens (tertiary/aromatic N) is 2. The molecular weight excluding hydrogens is 338 g/mol. The number of carbonyl (C=O) groups is 2. The second kappa shape index (κ2) is 10.1. The number of hydrogen-bond donors (Lipinski definition) is 1. The summed E-state index contributed by atoms with van der Waals surface area (Å²) < 4.78 is 0. The fourth-order valence-corrected chi connectivity index (χ4v) is 2.63. The molecule has 0 aliphatic carbocycles. The molecule has 5 nitrogen and oxygen atoms in total. The van der Waals surface area contributed by atoms with Crippen molar-refractivity contribution in [3.05, 3.63) is 85.5 Å². The Kier molecular flexibility index (Phi) is 7.52. The maximum atomic E-state index is 12.6. The van der Waals surface area contributed by atoms with Crippen LogP contribution in [0.1, 0.15) is 10.4 Å². The third-order valence-corrected chi connectivity index (χ3v) is 4.01. The summed E-state index contributed by atoms with van der Waals surface area (Å²) in [6.07, 6.45) is 3.50. The van der Waals surface area contributed by atoms with Crippen molar-refractivity contribution in [2.24, 2.45) is 0 Å². The van der Waals surface area contributed by atoms with Gasteiger partial charge in [-0.05, 0) is 36.4 Å². The highest BCUT2D eigenvalue weighted by Crippen LogP contribution is 2.16. The second-order valence-electron chi connectivity index (χ2n) is 6.10. The number of nitrogens with one attached hydrogen (secondary N) is 1. The monoisotopic (exact) mass is 363 g/mol. The Labute approximate surface area is 160 Å². The van der Waals surface area contributed by atoms with Crippen molar-refractivity contribution < 1.29 is 9.59 Å². The number of rotatable bonds is 9. The van der Waals surface area contributed by atoms with Gasteiger partial charge in [0.1, 0.15) is 0 Å². The summed E-state index contributed by atoms with van der Waals surface area (Å²) in [4.78, 5) is 28.3. The third-order valence-electron chi connectivity index (χ3n) is 4.01. The van der Waals surface area contributed by atoms with Gasteiger partial charge in [-0.2, -0.15) is 0 Å². The molecule has 0 aliphatic rings. The first-order chi connectivity index (χ1) is 13.0. The van der Waals surface area contributed by atoms with E-state index in [1.165, 1.54) is 0 Å². The van der Waals surface area contributed by atoms with Gasteiger partial charge in [0.2, 0.25) is 5.91 Å². The van der Waals surface area contributed by atoms with E-state index in [1.54, 1.807) is 48.4 Å². The molecule has 0 radical (unpaired) electrons. The van der Waals surface area contributed by atoms with Crippen LogP contribution in [0.25, 0.3) is 0 Å². The van der Waals surface area contributed by atoms with Crippen LogP contribution in [0.4, 0.5) is 11.4 Å². The number of hydrogen-bond acceptors (Lipinski definition) is 3. The summed E-state index contributed by atoms with van der Waals surface area (Å²) in [6.45, 7) is 8.85. The average molecular weight is 363 g/mol. The molecule has 0 heterocycles. The van der Waals surface area contributed by atoms with Crippen LogP contribution in [0.15, 0.2) is 79.9 Å². The SMILES string of the molecule is C=CCN(CC=C)CC(=O)Nc1ccc(C(=O)N(C)c2ccccc2)cc1. The lowest BCUT2D eigenvalue weighted by Crippen LogP contribution is -2.33. The zero-order valence-electron chi connectivity index (χ0n) is 15.6. The Hall–Kier alpha value is -3.18. The lowest BCUT2D eigenvalue weighted by Gasteiger charge is -2.18. The highest BCUT2D eigenvalue weighted by atomic mass is 16.2. The number of para-hydroxylation sites is 1.